The number of anilines is 1. The topological polar surface area (TPSA) is 70.5 Å². The van der Waals surface area contributed by atoms with Crippen LogP contribution in [0.4, 0.5) is 5.69 Å². The van der Waals surface area contributed by atoms with Crippen molar-refractivity contribution >= 4 is 23.1 Å². The number of ketones is 1. The van der Waals surface area contributed by atoms with Gasteiger partial charge in [0.2, 0.25) is 0 Å². The summed E-state index contributed by atoms with van der Waals surface area (Å²) in [5.74, 6) is -1.52. The summed E-state index contributed by atoms with van der Waals surface area (Å²) >= 11 is 0. The molecule has 0 saturated carbocycles. The summed E-state index contributed by atoms with van der Waals surface area (Å²) in [4.78, 5) is 31.9. The van der Waals surface area contributed by atoms with Crippen LogP contribution in [0.2, 0.25) is 0 Å². The summed E-state index contributed by atoms with van der Waals surface area (Å²) in [5, 5.41) is 11.2. The van der Waals surface area contributed by atoms with E-state index < -0.39 is 17.7 Å². The zero-order valence-corrected chi connectivity index (χ0v) is 18.0. The molecule has 1 aromatic heterocycles. The van der Waals surface area contributed by atoms with Crippen LogP contribution in [0.15, 0.2) is 66.5 Å². The Kier molecular flexibility index (Phi) is 5.19. The third-order valence-electron chi connectivity index (χ3n) is 5.73. The van der Waals surface area contributed by atoms with Crippen molar-refractivity contribution in [1.82, 2.24) is 4.98 Å². The molecule has 0 spiro atoms. The Morgan fingerprint density at radius 1 is 0.871 bits per heavy atom. The molecule has 3 aromatic rings. The molecule has 1 fully saturated rings. The highest BCUT2D eigenvalue weighted by molar-refractivity contribution is 6.51. The number of hydrogen-bond donors (Lipinski definition) is 1. The van der Waals surface area contributed by atoms with E-state index in [0.29, 0.717) is 16.8 Å². The molecule has 5 nitrogen and oxygen atoms in total. The van der Waals surface area contributed by atoms with Gasteiger partial charge in [-0.3, -0.25) is 19.5 Å². The fraction of sp³-hybridized carbons (Fsp3) is 0.192. The van der Waals surface area contributed by atoms with Crippen LogP contribution in [0.25, 0.3) is 5.76 Å². The molecule has 1 N–H and O–H groups in total. The molecule has 2 aromatic carbocycles. The Bertz CT molecular complexity index is 1210. The van der Waals surface area contributed by atoms with Gasteiger partial charge in [0.25, 0.3) is 11.7 Å². The lowest BCUT2D eigenvalue weighted by atomic mass is 9.94. The van der Waals surface area contributed by atoms with Gasteiger partial charge in [-0.2, -0.15) is 0 Å². The van der Waals surface area contributed by atoms with Crippen LogP contribution in [0.5, 0.6) is 0 Å². The molecule has 2 heterocycles. The average Bonchev–Trinajstić information content (AvgIpc) is 3.00. The summed E-state index contributed by atoms with van der Waals surface area (Å²) in [6.07, 6.45) is 3.24. The maximum Gasteiger partial charge on any atom is 0.300 e. The lowest BCUT2D eigenvalue weighted by Crippen LogP contribution is -2.29. The van der Waals surface area contributed by atoms with Crippen LogP contribution >= 0.6 is 0 Å². The number of benzene rings is 2. The fourth-order valence-electron chi connectivity index (χ4n) is 4.09. The Morgan fingerprint density at radius 3 is 2.13 bits per heavy atom. The van der Waals surface area contributed by atoms with Gasteiger partial charge in [0.05, 0.1) is 11.6 Å². The van der Waals surface area contributed by atoms with Gasteiger partial charge < -0.3 is 5.11 Å². The van der Waals surface area contributed by atoms with E-state index in [0.717, 1.165) is 22.3 Å². The number of aryl methyl sites for hydroxylation is 4. The number of aliphatic hydroxyl groups excluding tert-OH is 1. The number of carbonyl (C=O) groups is 2. The van der Waals surface area contributed by atoms with Crippen LogP contribution < -0.4 is 4.90 Å². The largest absolute Gasteiger partial charge is 0.507 e. The van der Waals surface area contributed by atoms with Crippen molar-refractivity contribution < 1.29 is 14.7 Å². The number of amides is 1. The van der Waals surface area contributed by atoms with Crippen molar-refractivity contribution in [2.75, 3.05) is 4.90 Å². The number of nitrogens with zero attached hydrogens (tertiary/aromatic N) is 2. The Morgan fingerprint density at radius 2 is 1.52 bits per heavy atom. The fourth-order valence-corrected chi connectivity index (χ4v) is 4.09. The van der Waals surface area contributed by atoms with E-state index in [1.165, 1.54) is 4.90 Å². The minimum atomic E-state index is -0.745. The minimum absolute atomic E-state index is 0.0820. The van der Waals surface area contributed by atoms with Crippen molar-refractivity contribution in [3.8, 4) is 0 Å². The first-order chi connectivity index (χ1) is 14.8. The number of pyridine rings is 1. The van der Waals surface area contributed by atoms with Gasteiger partial charge in [0, 0.05) is 23.6 Å². The molecule has 156 valence electrons. The van der Waals surface area contributed by atoms with E-state index in [9.17, 15) is 14.7 Å². The van der Waals surface area contributed by atoms with Crippen LogP contribution in [0.1, 0.15) is 39.4 Å². The van der Waals surface area contributed by atoms with E-state index >= 15 is 0 Å². The van der Waals surface area contributed by atoms with Gasteiger partial charge in [-0.25, -0.2) is 0 Å². The molecular formula is C26H24N2O3. The standard InChI is InChI=1S/C26H24N2O3/c1-15-11-16(2)13-21(12-15)28-23(19-7-9-27-10-8-19)22(25(30)26(28)31)24(29)20-6-5-17(3)18(4)14-20/h5-14,23,29H,1-4H3/b24-22-. The first kappa shape index (κ1) is 20.5. The van der Waals surface area contributed by atoms with Crippen LogP contribution in [-0.4, -0.2) is 21.8 Å². The van der Waals surface area contributed by atoms with Crippen molar-refractivity contribution in [3.05, 3.63) is 99.9 Å². The molecule has 0 bridgehead atoms. The molecule has 0 aliphatic carbocycles. The van der Waals surface area contributed by atoms with E-state index in [1.807, 2.05) is 58.0 Å². The third kappa shape index (κ3) is 3.63. The van der Waals surface area contributed by atoms with Gasteiger partial charge in [-0.05, 0) is 85.8 Å². The highest BCUT2D eigenvalue weighted by Gasteiger charge is 2.47. The van der Waals surface area contributed by atoms with E-state index in [2.05, 4.69) is 4.98 Å². The normalized spacial score (nSPS) is 17.9. The van der Waals surface area contributed by atoms with E-state index in [4.69, 9.17) is 0 Å². The Labute approximate surface area is 181 Å². The summed E-state index contributed by atoms with van der Waals surface area (Å²) in [6, 6.07) is 14.0. The van der Waals surface area contributed by atoms with Crippen molar-refractivity contribution in [2.45, 2.75) is 33.7 Å². The molecule has 1 atom stereocenters. The highest BCUT2D eigenvalue weighted by Crippen LogP contribution is 2.42. The van der Waals surface area contributed by atoms with Gasteiger partial charge in [-0.15, -0.1) is 0 Å². The van der Waals surface area contributed by atoms with Gasteiger partial charge in [0.1, 0.15) is 5.76 Å². The second-order valence-electron chi connectivity index (χ2n) is 8.09. The number of aliphatic hydroxyl groups is 1. The van der Waals surface area contributed by atoms with E-state index in [1.54, 1.807) is 30.6 Å². The second kappa shape index (κ2) is 7.84. The van der Waals surface area contributed by atoms with Gasteiger partial charge >= 0.3 is 0 Å². The summed E-state index contributed by atoms with van der Waals surface area (Å²) < 4.78 is 0. The summed E-state index contributed by atoms with van der Waals surface area (Å²) in [7, 11) is 0. The molecule has 1 aliphatic heterocycles. The monoisotopic (exact) mass is 412 g/mol. The van der Waals surface area contributed by atoms with Crippen molar-refractivity contribution in [3.63, 3.8) is 0 Å². The van der Waals surface area contributed by atoms with Crippen LogP contribution in [0.3, 0.4) is 0 Å². The maximum absolute atomic E-state index is 13.2. The maximum atomic E-state index is 13.2. The molecule has 31 heavy (non-hydrogen) atoms. The number of carbonyl (C=O) groups excluding carboxylic acids is 2. The third-order valence-corrected chi connectivity index (χ3v) is 5.73. The number of aromatic nitrogens is 1. The minimum Gasteiger partial charge on any atom is -0.507 e. The molecule has 0 radical (unpaired) electrons. The van der Waals surface area contributed by atoms with Crippen molar-refractivity contribution in [2.24, 2.45) is 0 Å². The lowest BCUT2D eigenvalue weighted by molar-refractivity contribution is -0.132. The quantitative estimate of drug-likeness (QED) is 0.376. The second-order valence-corrected chi connectivity index (χ2v) is 8.09. The Balaban J connectivity index is 1.97. The first-order valence-corrected chi connectivity index (χ1v) is 10.1. The summed E-state index contributed by atoms with van der Waals surface area (Å²) in [6.45, 7) is 7.82. The summed E-state index contributed by atoms with van der Waals surface area (Å²) in [5.41, 5.74) is 5.98. The van der Waals surface area contributed by atoms with Crippen molar-refractivity contribution in [1.29, 1.82) is 0 Å². The van der Waals surface area contributed by atoms with E-state index in [-0.39, 0.29) is 11.3 Å². The molecule has 1 amide bonds. The number of rotatable bonds is 3. The first-order valence-electron chi connectivity index (χ1n) is 10.1. The molecule has 5 heteroatoms. The molecule has 4 rings (SSSR count). The van der Waals surface area contributed by atoms with Crippen LogP contribution in [0, 0.1) is 27.7 Å². The predicted octanol–water partition coefficient (Wildman–Crippen LogP) is 4.94. The van der Waals surface area contributed by atoms with Crippen LogP contribution in [-0.2, 0) is 9.59 Å². The molecule has 1 saturated heterocycles. The number of hydrogen-bond acceptors (Lipinski definition) is 4. The molecular weight excluding hydrogens is 388 g/mol. The Hall–Kier alpha value is -3.73. The molecule has 1 unspecified atom stereocenters. The number of Topliss-reactive ketones (excluding diaryl/α,β-unsaturated/α-hetero) is 1. The molecule has 1 aliphatic rings. The average molecular weight is 412 g/mol. The highest BCUT2D eigenvalue weighted by atomic mass is 16.3. The SMILES string of the molecule is Cc1cc(C)cc(N2C(=O)C(=O)/C(=C(\O)c3ccc(C)c(C)c3)C2c2ccncc2)c1. The zero-order valence-electron chi connectivity index (χ0n) is 18.0. The van der Waals surface area contributed by atoms with Gasteiger partial charge in [0.15, 0.2) is 0 Å². The predicted molar refractivity (Wildman–Crippen MR) is 121 cm³/mol. The zero-order chi connectivity index (χ0) is 22.3. The van der Waals surface area contributed by atoms with Gasteiger partial charge in [-0.1, -0.05) is 18.2 Å². The smallest absolute Gasteiger partial charge is 0.300 e. The lowest BCUT2D eigenvalue weighted by Gasteiger charge is -2.26.